The van der Waals surface area contributed by atoms with E-state index in [1.165, 1.54) is 16.8 Å². The molecule has 1 aromatic heterocycles. The van der Waals surface area contributed by atoms with Crippen LogP contribution in [0, 0.1) is 0 Å². The normalized spacial score (nSPS) is 14.3. The van der Waals surface area contributed by atoms with Gasteiger partial charge in [0.25, 0.3) is 0 Å². The average molecular weight is 604 g/mol. The maximum Gasteiger partial charge on any atom is 0.194 e. The third-order valence-electron chi connectivity index (χ3n) is 10.4. The second-order valence-electron chi connectivity index (χ2n) is 13.3. The molecule has 0 spiro atoms. The number of nitrogens with zero attached hydrogens (tertiary/aromatic N) is 1. The third kappa shape index (κ3) is 3.54. The Morgan fingerprint density at radius 3 is 2.09 bits per heavy atom. The Balaban J connectivity index is 1.14. The Morgan fingerprint density at radius 1 is 0.511 bits per heavy atom. The van der Waals surface area contributed by atoms with Gasteiger partial charge in [0.05, 0.1) is 11.4 Å². The highest BCUT2D eigenvalue weighted by molar-refractivity contribution is 6.27. The van der Waals surface area contributed by atoms with E-state index in [0.29, 0.717) is 0 Å². The first-order valence-electron chi connectivity index (χ1n) is 16.1. The third-order valence-corrected chi connectivity index (χ3v) is 10.4. The molecule has 0 atom stereocenters. The molecule has 0 N–H and O–H groups in total. The fraction of sp³-hybridized carbons (Fsp3) is 0.0682. The minimum Gasteiger partial charge on any atom is -0.456 e. The van der Waals surface area contributed by atoms with Crippen LogP contribution in [0.1, 0.15) is 40.9 Å². The zero-order valence-corrected chi connectivity index (χ0v) is 26.0. The molecule has 0 bridgehead atoms. The second-order valence-corrected chi connectivity index (χ2v) is 13.3. The summed E-state index contributed by atoms with van der Waals surface area (Å²) < 4.78 is 6.39. The van der Waals surface area contributed by atoms with E-state index < -0.39 is 0 Å². The molecule has 7 aromatic carbocycles. The van der Waals surface area contributed by atoms with Crippen molar-refractivity contribution in [2.75, 3.05) is 4.90 Å². The first kappa shape index (κ1) is 26.3. The minimum absolute atomic E-state index is 0.0927. The van der Waals surface area contributed by atoms with Gasteiger partial charge in [-0.2, -0.15) is 0 Å². The number of rotatable bonds is 2. The topological polar surface area (TPSA) is 33.5 Å². The molecule has 3 nitrogen and oxygen atoms in total. The van der Waals surface area contributed by atoms with Crippen LogP contribution in [0.3, 0.4) is 0 Å². The van der Waals surface area contributed by atoms with E-state index in [4.69, 9.17) is 4.42 Å². The summed E-state index contributed by atoms with van der Waals surface area (Å²) in [6.07, 6.45) is 0. The Morgan fingerprint density at radius 2 is 1.21 bits per heavy atom. The molecule has 0 saturated carbocycles. The van der Waals surface area contributed by atoms with Gasteiger partial charge in [-0.1, -0.05) is 117 Å². The van der Waals surface area contributed by atoms with Gasteiger partial charge in [0, 0.05) is 44.5 Å². The number of anilines is 3. The largest absolute Gasteiger partial charge is 0.456 e. The molecule has 0 amide bonds. The van der Waals surface area contributed by atoms with Gasteiger partial charge in [-0.3, -0.25) is 4.79 Å². The monoisotopic (exact) mass is 603 g/mol. The fourth-order valence-electron chi connectivity index (χ4n) is 8.12. The summed E-state index contributed by atoms with van der Waals surface area (Å²) >= 11 is 0. The number of fused-ring (bicyclic) bond motifs is 7. The second kappa shape index (κ2) is 9.31. The molecule has 0 saturated heterocycles. The summed E-state index contributed by atoms with van der Waals surface area (Å²) in [7, 11) is 0. The Kier molecular flexibility index (Phi) is 5.21. The zero-order valence-electron chi connectivity index (χ0n) is 26.0. The highest BCUT2D eigenvalue weighted by Gasteiger charge is 2.37. The van der Waals surface area contributed by atoms with E-state index in [0.717, 1.165) is 77.5 Å². The molecule has 222 valence electrons. The van der Waals surface area contributed by atoms with Gasteiger partial charge in [0.2, 0.25) is 0 Å². The molecule has 1 aliphatic heterocycles. The van der Waals surface area contributed by atoms with Crippen LogP contribution in [0.25, 0.3) is 55.0 Å². The van der Waals surface area contributed by atoms with Crippen molar-refractivity contribution in [1.29, 1.82) is 0 Å². The number of carbonyl (C=O) groups excluding carboxylic acids is 1. The van der Waals surface area contributed by atoms with Crippen LogP contribution in [0.2, 0.25) is 0 Å². The maximum absolute atomic E-state index is 13.5. The Hall–Kier alpha value is -5.93. The van der Waals surface area contributed by atoms with Crippen molar-refractivity contribution < 1.29 is 9.21 Å². The van der Waals surface area contributed by atoms with Crippen LogP contribution in [0.5, 0.6) is 0 Å². The Bertz CT molecular complexity index is 2620. The minimum atomic E-state index is -0.200. The molecular formula is C44H29NO2. The molecule has 0 unspecified atom stereocenters. The molecule has 10 rings (SSSR count). The number of ketones is 1. The predicted octanol–water partition coefficient (Wildman–Crippen LogP) is 11.7. The molecule has 2 aliphatic rings. The van der Waals surface area contributed by atoms with E-state index in [1.54, 1.807) is 0 Å². The maximum atomic E-state index is 13.5. The molecule has 0 radical (unpaired) electrons. The van der Waals surface area contributed by atoms with Gasteiger partial charge in [-0.05, 0) is 69.1 Å². The van der Waals surface area contributed by atoms with Crippen molar-refractivity contribution >= 4 is 55.6 Å². The summed E-state index contributed by atoms with van der Waals surface area (Å²) in [5.74, 6) is 0.0927. The van der Waals surface area contributed by atoms with Gasteiger partial charge < -0.3 is 9.32 Å². The summed E-state index contributed by atoms with van der Waals surface area (Å²) in [6.45, 7) is 4.64. The summed E-state index contributed by atoms with van der Waals surface area (Å²) in [6, 6.07) is 48.9. The number of para-hydroxylation sites is 2. The molecule has 2 heterocycles. The smallest absolute Gasteiger partial charge is 0.194 e. The van der Waals surface area contributed by atoms with Crippen molar-refractivity contribution in [2.24, 2.45) is 0 Å². The van der Waals surface area contributed by atoms with Crippen molar-refractivity contribution in [3.05, 3.63) is 162 Å². The highest BCUT2D eigenvalue weighted by Crippen LogP contribution is 2.53. The number of benzene rings is 7. The summed E-state index contributed by atoms with van der Waals surface area (Å²) in [4.78, 5) is 15.9. The SMILES string of the molecule is CC1(C)c2ccccc2N(c2ccc(-c3ccc4c5c(cccc35)C(=O)c3ccccc3-4)cc2)c2cc3oc4ccccc4c3cc21. The van der Waals surface area contributed by atoms with Crippen LogP contribution in [-0.2, 0) is 5.41 Å². The molecular weight excluding hydrogens is 574 g/mol. The van der Waals surface area contributed by atoms with Crippen LogP contribution < -0.4 is 4.90 Å². The van der Waals surface area contributed by atoms with Crippen LogP contribution >= 0.6 is 0 Å². The predicted molar refractivity (Wildman–Crippen MR) is 192 cm³/mol. The summed E-state index contributed by atoms with van der Waals surface area (Å²) in [5, 5.41) is 4.42. The lowest BCUT2D eigenvalue weighted by molar-refractivity contribution is 0.104. The van der Waals surface area contributed by atoms with E-state index in [9.17, 15) is 4.79 Å². The lowest BCUT2D eigenvalue weighted by atomic mass is 9.73. The van der Waals surface area contributed by atoms with Crippen LogP contribution in [-0.4, -0.2) is 5.78 Å². The van der Waals surface area contributed by atoms with Crippen molar-refractivity contribution in [3.63, 3.8) is 0 Å². The van der Waals surface area contributed by atoms with Crippen LogP contribution in [0.4, 0.5) is 17.1 Å². The molecule has 3 heteroatoms. The van der Waals surface area contributed by atoms with Gasteiger partial charge in [0.15, 0.2) is 5.78 Å². The number of hydrogen-bond donors (Lipinski definition) is 0. The van der Waals surface area contributed by atoms with Gasteiger partial charge in [-0.25, -0.2) is 0 Å². The average Bonchev–Trinajstić information content (AvgIpc) is 3.48. The van der Waals surface area contributed by atoms with Gasteiger partial charge in [0.1, 0.15) is 11.2 Å². The van der Waals surface area contributed by atoms with E-state index in [2.05, 4.69) is 116 Å². The molecule has 1 aliphatic carbocycles. The first-order chi connectivity index (χ1) is 23.0. The molecule has 8 aromatic rings. The standard InChI is InChI=1S/C44H29NO2/c1-44(2)36-15-6-7-16-38(36)45(39-25-41-35(24-37(39)44)30-11-5-8-17-40(30)47-41)27-20-18-26(19-21-27)28-22-23-32-29-10-3-4-12-33(29)43(46)34-14-9-13-31(28)42(32)34/h3-25H,1-2H3. The molecule has 47 heavy (non-hydrogen) atoms. The van der Waals surface area contributed by atoms with Gasteiger partial charge in [-0.15, -0.1) is 0 Å². The number of hydrogen-bond acceptors (Lipinski definition) is 3. The van der Waals surface area contributed by atoms with E-state index in [1.807, 2.05) is 42.5 Å². The zero-order chi connectivity index (χ0) is 31.4. The van der Waals surface area contributed by atoms with E-state index in [-0.39, 0.29) is 11.2 Å². The Labute approximate surface area is 272 Å². The highest BCUT2D eigenvalue weighted by atomic mass is 16.3. The van der Waals surface area contributed by atoms with Gasteiger partial charge >= 0.3 is 0 Å². The lowest BCUT2D eigenvalue weighted by Crippen LogP contribution is -2.30. The van der Waals surface area contributed by atoms with E-state index >= 15 is 0 Å². The lowest BCUT2D eigenvalue weighted by Gasteiger charge is -2.42. The van der Waals surface area contributed by atoms with Crippen LogP contribution in [0.15, 0.2) is 144 Å². The first-order valence-corrected chi connectivity index (χ1v) is 16.1. The quantitative estimate of drug-likeness (QED) is 0.197. The van der Waals surface area contributed by atoms with Crippen molar-refractivity contribution in [3.8, 4) is 22.3 Å². The van der Waals surface area contributed by atoms with Crippen molar-refractivity contribution in [2.45, 2.75) is 19.3 Å². The number of carbonyl (C=O) groups is 1. The van der Waals surface area contributed by atoms with Crippen molar-refractivity contribution in [1.82, 2.24) is 0 Å². The summed E-state index contributed by atoms with van der Waals surface area (Å²) in [5.41, 5.74) is 13.4. The number of furan rings is 1. The molecule has 0 fully saturated rings. The fourth-order valence-corrected chi connectivity index (χ4v) is 8.12.